The van der Waals surface area contributed by atoms with Crippen LogP contribution in [0.15, 0.2) is 0 Å². The van der Waals surface area contributed by atoms with Gasteiger partial charge in [0.1, 0.15) is 0 Å². The van der Waals surface area contributed by atoms with Crippen molar-refractivity contribution in [3.05, 3.63) is 0 Å². The molecule has 0 aromatic heterocycles. The Labute approximate surface area is 69.6 Å². The summed E-state index contributed by atoms with van der Waals surface area (Å²) in [5.41, 5.74) is 0. The largest absolute Gasteiger partial charge is 0.316 e. The summed E-state index contributed by atoms with van der Waals surface area (Å²) in [5.74, 6) is 7.68. The third-order valence-electron chi connectivity index (χ3n) is 1.87. The van der Waals surface area contributed by atoms with Crippen molar-refractivity contribution >= 4 is 0 Å². The van der Waals surface area contributed by atoms with Crippen molar-refractivity contribution in [3.63, 3.8) is 0 Å². The normalized spacial score (nSPS) is 24.5. The predicted octanol–water partition coefficient (Wildman–Crippen LogP) is 1.65. The summed E-state index contributed by atoms with van der Waals surface area (Å²) < 4.78 is 0. The van der Waals surface area contributed by atoms with Gasteiger partial charge in [-0.2, -0.15) is 0 Å². The van der Waals surface area contributed by atoms with Crippen LogP contribution in [0.25, 0.3) is 0 Å². The fourth-order valence-electron chi connectivity index (χ4n) is 1.26. The molecule has 0 aliphatic carbocycles. The summed E-state index contributed by atoms with van der Waals surface area (Å²) in [7, 11) is 0. The lowest BCUT2D eigenvalue weighted by molar-refractivity contribution is 0.448. The summed E-state index contributed by atoms with van der Waals surface area (Å²) in [6.07, 6.45) is 2.57. The highest BCUT2D eigenvalue weighted by atomic mass is 14.9. The van der Waals surface area contributed by atoms with Gasteiger partial charge in [0, 0.05) is 18.4 Å². The van der Waals surface area contributed by atoms with Crippen molar-refractivity contribution in [1.29, 1.82) is 0 Å². The zero-order valence-corrected chi connectivity index (χ0v) is 7.48. The molecule has 1 saturated heterocycles. The molecule has 1 atom stereocenters. The highest BCUT2D eigenvalue weighted by Crippen LogP contribution is 2.08. The molecule has 1 nitrogen and oxygen atoms in total. The molecule has 1 aliphatic heterocycles. The topological polar surface area (TPSA) is 12.0 Å². The molecule has 1 fully saturated rings. The average molecular weight is 151 g/mol. The lowest BCUT2D eigenvalue weighted by atomic mass is 10.00. The average Bonchev–Trinajstić information content (AvgIpc) is 2.03. The van der Waals surface area contributed by atoms with E-state index in [1.54, 1.807) is 0 Å². The SMILES string of the molecule is CC(C)C#C[C@H]1CCCNC1. The highest BCUT2D eigenvalue weighted by molar-refractivity contribution is 5.06. The van der Waals surface area contributed by atoms with E-state index in [1.807, 2.05) is 0 Å². The van der Waals surface area contributed by atoms with E-state index < -0.39 is 0 Å². The third kappa shape index (κ3) is 3.43. The van der Waals surface area contributed by atoms with Gasteiger partial charge in [-0.15, -0.1) is 5.92 Å². The maximum absolute atomic E-state index is 3.36. The minimum atomic E-state index is 0.525. The van der Waals surface area contributed by atoms with E-state index in [0.29, 0.717) is 11.8 Å². The van der Waals surface area contributed by atoms with Gasteiger partial charge >= 0.3 is 0 Å². The van der Waals surface area contributed by atoms with Crippen molar-refractivity contribution in [2.45, 2.75) is 26.7 Å². The Morgan fingerprint density at radius 2 is 2.27 bits per heavy atom. The van der Waals surface area contributed by atoms with Crippen molar-refractivity contribution in [2.24, 2.45) is 11.8 Å². The molecular weight excluding hydrogens is 134 g/mol. The zero-order chi connectivity index (χ0) is 8.10. The van der Waals surface area contributed by atoms with Gasteiger partial charge in [-0.1, -0.05) is 19.8 Å². The van der Waals surface area contributed by atoms with Crippen LogP contribution in [0.2, 0.25) is 0 Å². The van der Waals surface area contributed by atoms with Gasteiger partial charge in [-0.25, -0.2) is 0 Å². The van der Waals surface area contributed by atoms with Crippen LogP contribution in [0.3, 0.4) is 0 Å². The van der Waals surface area contributed by atoms with Gasteiger partial charge < -0.3 is 5.32 Å². The summed E-state index contributed by atoms with van der Waals surface area (Å²) in [5, 5.41) is 3.36. The number of hydrogen-bond donors (Lipinski definition) is 1. The van der Waals surface area contributed by atoms with E-state index in [1.165, 1.54) is 19.4 Å². The molecule has 0 spiro atoms. The smallest absolute Gasteiger partial charge is 0.0328 e. The van der Waals surface area contributed by atoms with Crippen LogP contribution in [0.4, 0.5) is 0 Å². The fraction of sp³-hybridized carbons (Fsp3) is 0.800. The summed E-state index contributed by atoms with van der Waals surface area (Å²) >= 11 is 0. The Kier molecular flexibility index (Phi) is 3.45. The molecular formula is C10H17N. The van der Waals surface area contributed by atoms with E-state index >= 15 is 0 Å². The molecule has 11 heavy (non-hydrogen) atoms. The Morgan fingerprint density at radius 1 is 1.45 bits per heavy atom. The highest BCUT2D eigenvalue weighted by Gasteiger charge is 2.08. The minimum absolute atomic E-state index is 0.525. The molecule has 0 aromatic carbocycles. The van der Waals surface area contributed by atoms with Crippen LogP contribution in [-0.4, -0.2) is 13.1 Å². The first-order chi connectivity index (χ1) is 5.29. The maximum atomic E-state index is 3.36. The molecule has 1 rings (SSSR count). The molecule has 1 N–H and O–H groups in total. The van der Waals surface area contributed by atoms with E-state index in [4.69, 9.17) is 0 Å². The molecule has 1 heterocycles. The van der Waals surface area contributed by atoms with Gasteiger partial charge in [0.15, 0.2) is 0 Å². The first-order valence-electron chi connectivity index (χ1n) is 4.51. The van der Waals surface area contributed by atoms with E-state index in [2.05, 4.69) is 31.0 Å². The van der Waals surface area contributed by atoms with Crippen LogP contribution in [0.1, 0.15) is 26.7 Å². The van der Waals surface area contributed by atoms with Crippen molar-refractivity contribution in [3.8, 4) is 11.8 Å². The quantitative estimate of drug-likeness (QED) is 0.519. The monoisotopic (exact) mass is 151 g/mol. The van der Waals surface area contributed by atoms with Gasteiger partial charge in [-0.05, 0) is 19.4 Å². The number of piperidine rings is 1. The second-order valence-electron chi connectivity index (χ2n) is 3.49. The van der Waals surface area contributed by atoms with Gasteiger partial charge in [0.2, 0.25) is 0 Å². The van der Waals surface area contributed by atoms with Crippen LogP contribution in [0.5, 0.6) is 0 Å². The molecule has 0 unspecified atom stereocenters. The van der Waals surface area contributed by atoms with Crippen LogP contribution in [0, 0.1) is 23.7 Å². The Hall–Kier alpha value is -0.480. The molecule has 0 amide bonds. The third-order valence-corrected chi connectivity index (χ3v) is 1.87. The van der Waals surface area contributed by atoms with Crippen LogP contribution < -0.4 is 5.32 Å². The zero-order valence-electron chi connectivity index (χ0n) is 7.48. The molecule has 0 saturated carbocycles. The standard InChI is InChI=1S/C10H17N/c1-9(2)5-6-10-4-3-7-11-8-10/h9-11H,3-4,7-8H2,1-2H3/t10-/m1/s1. The first kappa shape index (κ1) is 8.62. The summed E-state index contributed by atoms with van der Waals surface area (Å²) in [6.45, 7) is 6.56. The van der Waals surface area contributed by atoms with E-state index in [-0.39, 0.29) is 0 Å². The number of rotatable bonds is 0. The van der Waals surface area contributed by atoms with Crippen molar-refractivity contribution in [2.75, 3.05) is 13.1 Å². The van der Waals surface area contributed by atoms with Crippen LogP contribution in [-0.2, 0) is 0 Å². The summed E-state index contributed by atoms with van der Waals surface area (Å²) in [4.78, 5) is 0. The van der Waals surface area contributed by atoms with Crippen molar-refractivity contribution in [1.82, 2.24) is 5.32 Å². The van der Waals surface area contributed by atoms with E-state index in [9.17, 15) is 0 Å². The molecule has 0 radical (unpaired) electrons. The lowest BCUT2D eigenvalue weighted by Gasteiger charge is -2.17. The Bertz CT molecular complexity index is 155. The van der Waals surface area contributed by atoms with Crippen LogP contribution >= 0.6 is 0 Å². The van der Waals surface area contributed by atoms with Gasteiger partial charge in [0.05, 0.1) is 0 Å². The van der Waals surface area contributed by atoms with Gasteiger partial charge in [0.25, 0.3) is 0 Å². The van der Waals surface area contributed by atoms with Gasteiger partial charge in [-0.3, -0.25) is 0 Å². The first-order valence-corrected chi connectivity index (χ1v) is 4.51. The van der Waals surface area contributed by atoms with E-state index in [0.717, 1.165) is 6.54 Å². The Morgan fingerprint density at radius 3 is 2.82 bits per heavy atom. The molecule has 0 bridgehead atoms. The maximum Gasteiger partial charge on any atom is 0.0328 e. The minimum Gasteiger partial charge on any atom is -0.316 e. The van der Waals surface area contributed by atoms with Crippen molar-refractivity contribution < 1.29 is 0 Å². The molecule has 1 heteroatoms. The second kappa shape index (κ2) is 4.41. The number of nitrogens with one attached hydrogen (secondary N) is 1. The number of hydrogen-bond acceptors (Lipinski definition) is 1. The molecule has 1 aliphatic rings. The molecule has 62 valence electrons. The fourth-order valence-corrected chi connectivity index (χ4v) is 1.26. The molecule has 0 aromatic rings. The predicted molar refractivity (Wildman–Crippen MR) is 48.2 cm³/mol. The summed E-state index contributed by atoms with van der Waals surface area (Å²) in [6, 6.07) is 0. The second-order valence-corrected chi connectivity index (χ2v) is 3.49. The Balaban J connectivity index is 2.31. The lowest BCUT2D eigenvalue weighted by Crippen LogP contribution is -2.28.